The lowest BCUT2D eigenvalue weighted by Gasteiger charge is -2.50. The molecule has 5 heterocycles. The van der Waals surface area contributed by atoms with Crippen molar-refractivity contribution >= 4 is 0 Å². The van der Waals surface area contributed by atoms with Crippen molar-refractivity contribution in [3.63, 3.8) is 0 Å². The van der Waals surface area contributed by atoms with Gasteiger partial charge in [-0.25, -0.2) is 0 Å². The van der Waals surface area contributed by atoms with Gasteiger partial charge in [-0.05, 0) is 20.8 Å². The van der Waals surface area contributed by atoms with E-state index in [4.69, 9.17) is 42.6 Å². The van der Waals surface area contributed by atoms with Gasteiger partial charge in [-0.15, -0.1) is 0 Å². The molecule has 0 saturated carbocycles. The maximum atomic E-state index is 11.6. The Morgan fingerprint density at radius 1 is 0.431 bits per heavy atom. The molecule has 0 aliphatic carbocycles. The average Bonchev–Trinajstić information content (AvgIpc) is 3.09. The number of aliphatic hydroxyl groups excluding tert-OH is 13. The third-order valence-corrected chi connectivity index (χ3v) is 9.80. The predicted molar refractivity (Wildman–Crippen MR) is 156 cm³/mol. The lowest BCUT2D eigenvalue weighted by atomic mass is 9.95. The first kappa shape index (κ1) is 41.3. The van der Waals surface area contributed by atoms with Crippen LogP contribution in [-0.2, 0) is 42.6 Å². The summed E-state index contributed by atoms with van der Waals surface area (Å²) in [5, 5.41) is 136. The summed E-state index contributed by atoms with van der Waals surface area (Å²) in [5.74, 6) is 0. The third-order valence-electron chi connectivity index (χ3n) is 9.80. The van der Waals surface area contributed by atoms with E-state index in [9.17, 15) is 66.4 Å². The first-order valence-corrected chi connectivity index (χ1v) is 16.6. The van der Waals surface area contributed by atoms with E-state index in [1.54, 1.807) is 0 Å². The molecular weight excluding hydrogens is 700 g/mol. The number of ether oxygens (including phenoxy) is 9. The normalized spacial score (nSPS) is 55.8. The smallest absolute Gasteiger partial charge is 0.187 e. The highest BCUT2D eigenvalue weighted by atomic mass is 16.8. The van der Waals surface area contributed by atoms with Crippen LogP contribution in [0.3, 0.4) is 0 Å². The summed E-state index contributed by atoms with van der Waals surface area (Å²) < 4.78 is 50.6. The van der Waals surface area contributed by atoms with Gasteiger partial charge in [0.25, 0.3) is 0 Å². The van der Waals surface area contributed by atoms with E-state index in [0.29, 0.717) is 0 Å². The number of rotatable bonds is 9. The molecule has 0 radical (unpaired) electrons. The van der Waals surface area contributed by atoms with Crippen molar-refractivity contribution in [3.05, 3.63) is 0 Å². The van der Waals surface area contributed by atoms with E-state index in [1.165, 1.54) is 20.8 Å². The lowest BCUT2D eigenvalue weighted by Crippen LogP contribution is -2.67. The summed E-state index contributed by atoms with van der Waals surface area (Å²) in [6.45, 7) is 3.01. The van der Waals surface area contributed by atoms with E-state index in [0.717, 1.165) is 0 Å². The van der Waals surface area contributed by atoms with Crippen LogP contribution in [0, 0.1) is 0 Å². The molecule has 24 atom stereocenters. The fourth-order valence-electron chi connectivity index (χ4n) is 6.60. The molecule has 5 rings (SSSR count). The van der Waals surface area contributed by atoms with Gasteiger partial charge in [0.05, 0.1) is 31.5 Å². The standard InChI is InChI=1S/C29H50O22/c1-6-11(32)14(35)17(38)26(44-6)49-22-8(3)46-29(20(41)23(22)50-28-18(39)15(36)13(34)10(4-30)47-28)48-21-7(2)45-27(19(40)16(21)37)51-24-12(33)9(31)5-43-25(24)42/h6-42H,4-5H2,1-3H3/t6-,7-,8-,9+,10+,11-,12-,13+,14+,15-,16-,17+,18+,19+,20+,21-,22-,23-,24+,25+,26-,27-,28-,29-/m0/s1. The first-order chi connectivity index (χ1) is 24.0. The van der Waals surface area contributed by atoms with Crippen molar-refractivity contribution in [2.45, 2.75) is 168 Å². The molecule has 0 spiro atoms. The zero-order chi connectivity index (χ0) is 37.6. The molecule has 22 heteroatoms. The summed E-state index contributed by atoms with van der Waals surface area (Å²) in [4.78, 5) is 0. The third kappa shape index (κ3) is 8.37. The molecule has 0 bridgehead atoms. The SMILES string of the molecule is C[C@@H]1O[C@@H](O[C@@H]2[C@@H](O[C@@H]3O[C@H](CO)[C@@H](O)[C@H](O)[C@H]3O)[C@@H](O)[C@H](O[C@@H]3[C@@H](O)[C@@H](O)[C@H](O[C@@H]4[C@@H](O)[C@H](O)CO[C@H]4O)O[C@H]3C)O[C@H]2C)[C@H](O)[C@H](O)[C@H]1O. The van der Waals surface area contributed by atoms with E-state index < -0.39 is 161 Å². The van der Waals surface area contributed by atoms with E-state index in [1.807, 2.05) is 0 Å². The Labute approximate surface area is 290 Å². The number of hydrogen-bond acceptors (Lipinski definition) is 22. The second-order valence-corrected chi connectivity index (χ2v) is 13.5. The highest BCUT2D eigenvalue weighted by Crippen LogP contribution is 2.36. The minimum atomic E-state index is -1.94. The van der Waals surface area contributed by atoms with Gasteiger partial charge in [-0.2, -0.15) is 0 Å². The van der Waals surface area contributed by atoms with Gasteiger partial charge in [-0.1, -0.05) is 0 Å². The quantitative estimate of drug-likeness (QED) is 0.104. The van der Waals surface area contributed by atoms with Crippen LogP contribution >= 0.6 is 0 Å². The predicted octanol–water partition coefficient (Wildman–Crippen LogP) is -8.20. The Morgan fingerprint density at radius 3 is 1.49 bits per heavy atom. The second kappa shape index (κ2) is 16.9. The molecule has 0 amide bonds. The molecule has 5 aliphatic rings. The molecule has 22 nitrogen and oxygen atoms in total. The first-order valence-electron chi connectivity index (χ1n) is 16.6. The average molecular weight is 751 g/mol. The van der Waals surface area contributed by atoms with Gasteiger partial charge in [-0.3, -0.25) is 0 Å². The van der Waals surface area contributed by atoms with E-state index in [-0.39, 0.29) is 0 Å². The van der Waals surface area contributed by atoms with E-state index in [2.05, 4.69) is 0 Å². The molecule has 5 fully saturated rings. The largest absolute Gasteiger partial charge is 0.394 e. The molecule has 5 saturated heterocycles. The minimum absolute atomic E-state index is 0.390. The van der Waals surface area contributed by atoms with Gasteiger partial charge in [0.2, 0.25) is 0 Å². The van der Waals surface area contributed by atoms with E-state index >= 15 is 0 Å². The highest BCUT2D eigenvalue weighted by molar-refractivity contribution is 4.98. The van der Waals surface area contributed by atoms with Gasteiger partial charge in [0.1, 0.15) is 97.7 Å². The Hall–Kier alpha value is -0.880. The van der Waals surface area contributed by atoms with Crippen LogP contribution < -0.4 is 0 Å². The molecule has 5 aliphatic heterocycles. The second-order valence-electron chi connectivity index (χ2n) is 13.5. The summed E-state index contributed by atoms with van der Waals surface area (Å²) in [6.07, 6.45) is -38.8. The lowest BCUT2D eigenvalue weighted by molar-refractivity contribution is -0.398. The van der Waals surface area contributed by atoms with Crippen LogP contribution in [-0.4, -0.2) is 227 Å². The monoisotopic (exact) mass is 750 g/mol. The van der Waals surface area contributed by atoms with Crippen molar-refractivity contribution in [2.24, 2.45) is 0 Å². The Morgan fingerprint density at radius 2 is 0.882 bits per heavy atom. The summed E-state index contributed by atoms with van der Waals surface area (Å²) in [5.41, 5.74) is 0. The van der Waals surface area contributed by atoms with Gasteiger partial charge >= 0.3 is 0 Å². The molecule has 0 aromatic carbocycles. The topological polar surface area (TPSA) is 346 Å². The molecule has 51 heavy (non-hydrogen) atoms. The Kier molecular flexibility index (Phi) is 13.7. The highest BCUT2D eigenvalue weighted by Gasteiger charge is 2.55. The Balaban J connectivity index is 1.34. The maximum Gasteiger partial charge on any atom is 0.187 e. The summed E-state index contributed by atoms with van der Waals surface area (Å²) in [6, 6.07) is 0. The zero-order valence-electron chi connectivity index (χ0n) is 27.8. The number of aliphatic hydroxyl groups is 13. The zero-order valence-corrected chi connectivity index (χ0v) is 27.8. The Bertz CT molecular complexity index is 1110. The molecule has 0 aromatic rings. The van der Waals surface area contributed by atoms with Crippen molar-refractivity contribution in [3.8, 4) is 0 Å². The molecule has 298 valence electrons. The summed E-state index contributed by atoms with van der Waals surface area (Å²) >= 11 is 0. The van der Waals surface area contributed by atoms with Gasteiger partial charge < -0.3 is 109 Å². The minimum Gasteiger partial charge on any atom is -0.394 e. The maximum absolute atomic E-state index is 11.6. The van der Waals surface area contributed by atoms with Crippen molar-refractivity contribution < 1.29 is 109 Å². The fourth-order valence-corrected chi connectivity index (χ4v) is 6.60. The van der Waals surface area contributed by atoms with Gasteiger partial charge in [0, 0.05) is 0 Å². The van der Waals surface area contributed by atoms with Crippen molar-refractivity contribution in [2.75, 3.05) is 13.2 Å². The van der Waals surface area contributed by atoms with Crippen LogP contribution in [0.2, 0.25) is 0 Å². The number of hydrogen-bond donors (Lipinski definition) is 13. The van der Waals surface area contributed by atoms with Crippen LogP contribution in [0.15, 0.2) is 0 Å². The van der Waals surface area contributed by atoms with Crippen molar-refractivity contribution in [1.29, 1.82) is 0 Å². The molecule has 0 unspecified atom stereocenters. The molecule has 13 N–H and O–H groups in total. The van der Waals surface area contributed by atoms with Gasteiger partial charge in [0.15, 0.2) is 31.5 Å². The van der Waals surface area contributed by atoms with Crippen molar-refractivity contribution in [1.82, 2.24) is 0 Å². The van der Waals surface area contributed by atoms with Crippen LogP contribution in [0.25, 0.3) is 0 Å². The molecule has 0 aromatic heterocycles. The van der Waals surface area contributed by atoms with Crippen LogP contribution in [0.5, 0.6) is 0 Å². The molecular formula is C29H50O22. The van der Waals surface area contributed by atoms with Crippen LogP contribution in [0.4, 0.5) is 0 Å². The fraction of sp³-hybridized carbons (Fsp3) is 1.00. The summed E-state index contributed by atoms with van der Waals surface area (Å²) in [7, 11) is 0. The van der Waals surface area contributed by atoms with Crippen LogP contribution in [0.1, 0.15) is 20.8 Å².